The molecule has 0 atom stereocenters. The van der Waals surface area contributed by atoms with Gasteiger partial charge in [-0.05, 0) is 36.4 Å². The Morgan fingerprint density at radius 2 is 1.42 bits per heavy atom. The van der Waals surface area contributed by atoms with Crippen LogP contribution in [-0.2, 0) is 14.4 Å². The number of ether oxygens (including phenoxy) is 2. The SMILES string of the molecule is COc1cccc(OC)c1NC(=O)CN1CCN(c2ccc(F)cc2)CC1.O=C(O)C(=O)O. The number of hydrogen-bond donors (Lipinski definition) is 3. The molecule has 1 saturated heterocycles. The summed E-state index contributed by atoms with van der Waals surface area (Å²) in [6.45, 7) is 3.38. The predicted octanol–water partition coefficient (Wildman–Crippen LogP) is 1.76. The average molecular weight is 463 g/mol. The second-order valence-corrected chi connectivity index (χ2v) is 6.94. The Morgan fingerprint density at radius 1 is 0.909 bits per heavy atom. The Bertz CT molecular complexity index is 927. The zero-order valence-corrected chi connectivity index (χ0v) is 18.3. The summed E-state index contributed by atoms with van der Waals surface area (Å²) >= 11 is 0. The summed E-state index contributed by atoms with van der Waals surface area (Å²) < 4.78 is 23.7. The molecule has 0 spiro atoms. The summed E-state index contributed by atoms with van der Waals surface area (Å²) in [7, 11) is 3.11. The molecule has 11 heteroatoms. The third kappa shape index (κ3) is 7.65. The van der Waals surface area contributed by atoms with Crippen molar-refractivity contribution in [2.24, 2.45) is 0 Å². The highest BCUT2D eigenvalue weighted by Gasteiger charge is 2.20. The number of carboxylic acid groups (broad SMARTS) is 2. The first-order valence-corrected chi connectivity index (χ1v) is 9.95. The van der Waals surface area contributed by atoms with Gasteiger partial charge in [0.2, 0.25) is 5.91 Å². The van der Waals surface area contributed by atoms with Gasteiger partial charge in [0.25, 0.3) is 0 Å². The molecule has 1 amide bonds. The standard InChI is InChI=1S/C20H24FN3O3.C2H2O4/c1-26-17-4-3-5-18(27-2)20(17)22-19(25)14-23-10-12-24(13-11-23)16-8-6-15(21)7-9-16;3-1(4)2(5)6/h3-9H,10-14H2,1-2H3,(H,22,25);(H,3,4)(H,5,6). The number of carbonyl (C=O) groups excluding carboxylic acids is 1. The molecule has 0 aliphatic carbocycles. The number of anilines is 2. The Morgan fingerprint density at radius 3 is 1.88 bits per heavy atom. The van der Waals surface area contributed by atoms with Crippen molar-refractivity contribution in [1.29, 1.82) is 0 Å². The van der Waals surface area contributed by atoms with Crippen molar-refractivity contribution in [3.05, 3.63) is 48.3 Å². The van der Waals surface area contributed by atoms with Gasteiger partial charge in [-0.25, -0.2) is 14.0 Å². The van der Waals surface area contributed by atoms with Gasteiger partial charge in [0.05, 0.1) is 20.8 Å². The number of nitrogens with one attached hydrogen (secondary N) is 1. The minimum Gasteiger partial charge on any atom is -0.494 e. The lowest BCUT2D eigenvalue weighted by Crippen LogP contribution is -2.48. The molecule has 1 aliphatic rings. The molecule has 2 aromatic rings. The fourth-order valence-electron chi connectivity index (χ4n) is 3.17. The van der Waals surface area contributed by atoms with Crippen LogP contribution >= 0.6 is 0 Å². The van der Waals surface area contributed by atoms with Crippen LogP contribution in [0, 0.1) is 5.82 Å². The highest BCUT2D eigenvalue weighted by atomic mass is 19.1. The van der Waals surface area contributed by atoms with Crippen molar-refractivity contribution in [3.63, 3.8) is 0 Å². The number of nitrogens with zero attached hydrogens (tertiary/aromatic N) is 2. The molecular formula is C22H26FN3O7. The largest absolute Gasteiger partial charge is 0.494 e. The lowest BCUT2D eigenvalue weighted by Gasteiger charge is -2.35. The minimum absolute atomic E-state index is 0.118. The first-order valence-electron chi connectivity index (χ1n) is 9.95. The van der Waals surface area contributed by atoms with Gasteiger partial charge >= 0.3 is 11.9 Å². The molecule has 1 heterocycles. The molecule has 33 heavy (non-hydrogen) atoms. The van der Waals surface area contributed by atoms with E-state index in [0.29, 0.717) is 23.7 Å². The van der Waals surface area contributed by atoms with E-state index in [4.69, 9.17) is 29.3 Å². The third-order valence-electron chi connectivity index (χ3n) is 4.81. The van der Waals surface area contributed by atoms with Gasteiger partial charge in [0.1, 0.15) is 23.0 Å². The summed E-state index contributed by atoms with van der Waals surface area (Å²) in [6, 6.07) is 11.9. The van der Waals surface area contributed by atoms with Crippen LogP contribution in [0.4, 0.5) is 15.8 Å². The minimum atomic E-state index is -1.82. The number of piperazine rings is 1. The smallest absolute Gasteiger partial charge is 0.414 e. The van der Waals surface area contributed by atoms with E-state index in [1.807, 2.05) is 6.07 Å². The van der Waals surface area contributed by atoms with Gasteiger partial charge in [-0.15, -0.1) is 0 Å². The normalized spacial score (nSPS) is 13.4. The molecule has 0 saturated carbocycles. The quantitative estimate of drug-likeness (QED) is 0.549. The number of rotatable bonds is 6. The number of methoxy groups -OCH3 is 2. The van der Waals surface area contributed by atoms with Crippen molar-refractivity contribution in [2.45, 2.75) is 0 Å². The molecule has 178 valence electrons. The number of carboxylic acids is 2. The van der Waals surface area contributed by atoms with Crippen molar-refractivity contribution in [1.82, 2.24) is 4.90 Å². The molecule has 10 nitrogen and oxygen atoms in total. The van der Waals surface area contributed by atoms with Gasteiger partial charge in [-0.1, -0.05) is 6.07 Å². The van der Waals surface area contributed by atoms with E-state index in [0.717, 1.165) is 31.9 Å². The van der Waals surface area contributed by atoms with Gasteiger partial charge in [-0.3, -0.25) is 9.69 Å². The Hall–Kier alpha value is -3.86. The Balaban J connectivity index is 0.000000569. The molecule has 3 rings (SSSR count). The monoisotopic (exact) mass is 463 g/mol. The highest BCUT2D eigenvalue weighted by Crippen LogP contribution is 2.34. The maximum atomic E-state index is 13.1. The summed E-state index contributed by atoms with van der Waals surface area (Å²) in [5.74, 6) is -2.88. The molecule has 0 radical (unpaired) electrons. The Labute approximate surface area is 190 Å². The highest BCUT2D eigenvalue weighted by molar-refractivity contribution is 6.27. The molecular weight excluding hydrogens is 437 g/mol. The predicted molar refractivity (Wildman–Crippen MR) is 119 cm³/mol. The van der Waals surface area contributed by atoms with E-state index in [2.05, 4.69) is 15.1 Å². The first-order chi connectivity index (χ1) is 15.7. The van der Waals surface area contributed by atoms with Crippen molar-refractivity contribution in [2.75, 3.05) is 57.2 Å². The van der Waals surface area contributed by atoms with Crippen LogP contribution in [0.1, 0.15) is 0 Å². The summed E-state index contributed by atoms with van der Waals surface area (Å²) in [5, 5.41) is 17.7. The van der Waals surface area contributed by atoms with Gasteiger partial charge < -0.3 is 29.9 Å². The van der Waals surface area contributed by atoms with E-state index < -0.39 is 11.9 Å². The molecule has 1 fully saturated rings. The van der Waals surface area contributed by atoms with E-state index in [1.54, 1.807) is 38.5 Å². The number of halogens is 1. The second kappa shape index (κ2) is 12.2. The summed E-state index contributed by atoms with van der Waals surface area (Å²) in [5.41, 5.74) is 1.54. The number of para-hydroxylation sites is 1. The maximum Gasteiger partial charge on any atom is 0.414 e. The molecule has 2 aromatic carbocycles. The molecule has 3 N–H and O–H groups in total. The maximum absolute atomic E-state index is 13.1. The van der Waals surface area contributed by atoms with Crippen LogP contribution in [0.2, 0.25) is 0 Å². The number of hydrogen-bond acceptors (Lipinski definition) is 7. The van der Waals surface area contributed by atoms with Crippen LogP contribution in [0.25, 0.3) is 0 Å². The van der Waals surface area contributed by atoms with Gasteiger partial charge in [-0.2, -0.15) is 0 Å². The van der Waals surface area contributed by atoms with Crippen molar-refractivity contribution < 1.29 is 38.5 Å². The van der Waals surface area contributed by atoms with E-state index in [-0.39, 0.29) is 11.7 Å². The zero-order chi connectivity index (χ0) is 24.4. The zero-order valence-electron chi connectivity index (χ0n) is 18.3. The van der Waals surface area contributed by atoms with Crippen LogP contribution < -0.4 is 19.7 Å². The van der Waals surface area contributed by atoms with E-state index >= 15 is 0 Å². The first kappa shape index (κ1) is 25.4. The molecule has 1 aliphatic heterocycles. The van der Waals surface area contributed by atoms with Crippen LogP contribution in [0.15, 0.2) is 42.5 Å². The van der Waals surface area contributed by atoms with Crippen LogP contribution in [-0.4, -0.2) is 79.9 Å². The van der Waals surface area contributed by atoms with E-state index in [9.17, 15) is 9.18 Å². The fourth-order valence-corrected chi connectivity index (χ4v) is 3.17. The van der Waals surface area contributed by atoms with E-state index in [1.165, 1.54) is 12.1 Å². The van der Waals surface area contributed by atoms with Gasteiger partial charge in [0.15, 0.2) is 0 Å². The van der Waals surface area contributed by atoms with Crippen molar-refractivity contribution >= 4 is 29.2 Å². The average Bonchev–Trinajstić information content (AvgIpc) is 2.80. The topological polar surface area (TPSA) is 129 Å². The Kier molecular flexibility index (Phi) is 9.43. The van der Waals surface area contributed by atoms with Crippen LogP contribution in [0.3, 0.4) is 0 Å². The molecule has 0 aromatic heterocycles. The number of aliphatic carboxylic acids is 2. The summed E-state index contributed by atoms with van der Waals surface area (Å²) in [4.78, 5) is 35.0. The van der Waals surface area contributed by atoms with Crippen LogP contribution in [0.5, 0.6) is 11.5 Å². The third-order valence-corrected chi connectivity index (χ3v) is 4.81. The van der Waals surface area contributed by atoms with Gasteiger partial charge in [0, 0.05) is 31.9 Å². The fraction of sp³-hybridized carbons (Fsp3) is 0.318. The molecule has 0 bridgehead atoms. The number of amides is 1. The number of benzene rings is 2. The second-order valence-electron chi connectivity index (χ2n) is 6.94. The molecule has 0 unspecified atom stereocenters. The lowest BCUT2D eigenvalue weighted by atomic mass is 10.2. The van der Waals surface area contributed by atoms with Crippen molar-refractivity contribution in [3.8, 4) is 11.5 Å². The lowest BCUT2D eigenvalue weighted by molar-refractivity contribution is -0.159. The summed E-state index contributed by atoms with van der Waals surface area (Å²) in [6.07, 6.45) is 0. The number of carbonyl (C=O) groups is 3.